The minimum absolute atomic E-state index is 0.0661. The topological polar surface area (TPSA) is 122 Å². The molecule has 0 saturated heterocycles. The van der Waals surface area contributed by atoms with Crippen LogP contribution in [0.25, 0.3) is 6.08 Å². The highest BCUT2D eigenvalue weighted by molar-refractivity contribution is 7.98. The molecule has 0 atom stereocenters. The fraction of sp³-hybridized carbons (Fsp3) is 0.0769. The number of carbonyl (C=O) groups excluding carboxylic acids is 1. The minimum Gasteiger partial charge on any atom is -0.296 e. The molecule has 0 spiro atoms. The number of benzene rings is 1. The standard InChI is InChI=1S/C13H9N5O3S2/c1-22-13-16-12(23-17-13)15-11(19)9(7-14)6-8-2-4-10(5-3-8)18(20)21/h2-6H,1H3,(H,15,16,17,19)/b9-6-. The number of rotatable bonds is 5. The zero-order valence-electron chi connectivity index (χ0n) is 11.7. The molecule has 0 aliphatic heterocycles. The number of amides is 1. The second kappa shape index (κ2) is 7.48. The molecule has 1 aromatic carbocycles. The number of thioether (sulfide) groups is 1. The number of nitrogens with one attached hydrogen (secondary N) is 1. The zero-order valence-corrected chi connectivity index (χ0v) is 13.3. The van der Waals surface area contributed by atoms with Crippen molar-refractivity contribution in [3.63, 3.8) is 0 Å². The Balaban J connectivity index is 2.15. The Morgan fingerprint density at radius 3 is 2.70 bits per heavy atom. The van der Waals surface area contributed by atoms with Crippen molar-refractivity contribution in [1.29, 1.82) is 5.26 Å². The number of hydrogen-bond donors (Lipinski definition) is 1. The number of anilines is 1. The molecule has 0 aliphatic rings. The highest BCUT2D eigenvalue weighted by Gasteiger charge is 2.13. The van der Waals surface area contributed by atoms with Crippen LogP contribution in [0.3, 0.4) is 0 Å². The second-order valence-corrected chi connectivity index (χ2v) is 5.58. The van der Waals surface area contributed by atoms with Gasteiger partial charge in [0.25, 0.3) is 11.6 Å². The molecule has 116 valence electrons. The highest BCUT2D eigenvalue weighted by Crippen LogP contribution is 2.19. The first-order valence-corrected chi connectivity index (χ1v) is 8.08. The Morgan fingerprint density at radius 1 is 1.48 bits per heavy atom. The van der Waals surface area contributed by atoms with E-state index in [2.05, 4.69) is 14.7 Å². The molecule has 8 nitrogen and oxygen atoms in total. The Kier molecular flexibility index (Phi) is 5.40. The number of non-ortho nitro benzene ring substituents is 1. The molecule has 0 fully saturated rings. The van der Waals surface area contributed by atoms with Crippen molar-refractivity contribution in [1.82, 2.24) is 9.36 Å². The molecular formula is C13H9N5O3S2. The van der Waals surface area contributed by atoms with Gasteiger partial charge in [0.15, 0.2) is 0 Å². The van der Waals surface area contributed by atoms with Crippen LogP contribution >= 0.6 is 23.3 Å². The lowest BCUT2D eigenvalue weighted by Gasteiger charge is -1.99. The van der Waals surface area contributed by atoms with Crippen LogP contribution in [0, 0.1) is 21.4 Å². The summed E-state index contributed by atoms with van der Waals surface area (Å²) in [5.74, 6) is -0.616. The van der Waals surface area contributed by atoms with E-state index in [1.807, 2.05) is 6.26 Å². The van der Waals surface area contributed by atoms with E-state index < -0.39 is 10.8 Å². The first kappa shape index (κ1) is 16.6. The largest absolute Gasteiger partial charge is 0.296 e. The Labute approximate surface area is 139 Å². The van der Waals surface area contributed by atoms with Crippen LogP contribution in [-0.4, -0.2) is 26.4 Å². The minimum atomic E-state index is -0.616. The molecule has 0 saturated carbocycles. The van der Waals surface area contributed by atoms with Crippen molar-refractivity contribution in [3.05, 3.63) is 45.5 Å². The van der Waals surface area contributed by atoms with Crippen molar-refractivity contribution < 1.29 is 9.72 Å². The summed E-state index contributed by atoms with van der Waals surface area (Å²) in [4.78, 5) is 26.2. The number of nitro benzene ring substituents is 1. The summed E-state index contributed by atoms with van der Waals surface area (Å²) in [5, 5.41) is 23.0. The molecule has 2 aromatic rings. The molecule has 0 radical (unpaired) electrons. The molecule has 1 amide bonds. The molecule has 1 heterocycles. The lowest BCUT2D eigenvalue weighted by molar-refractivity contribution is -0.384. The number of nitro groups is 1. The first-order chi connectivity index (χ1) is 11.0. The average molecular weight is 347 g/mol. The predicted molar refractivity (Wildman–Crippen MR) is 87.0 cm³/mol. The Hall–Kier alpha value is -2.77. The van der Waals surface area contributed by atoms with Crippen LogP contribution in [0.1, 0.15) is 5.56 Å². The van der Waals surface area contributed by atoms with Gasteiger partial charge < -0.3 is 0 Å². The van der Waals surface area contributed by atoms with E-state index in [-0.39, 0.29) is 11.3 Å². The van der Waals surface area contributed by atoms with Gasteiger partial charge in [0.05, 0.1) is 4.92 Å². The van der Waals surface area contributed by atoms with E-state index in [0.717, 1.165) is 11.5 Å². The van der Waals surface area contributed by atoms with Crippen LogP contribution in [0.15, 0.2) is 35.0 Å². The Morgan fingerprint density at radius 2 is 2.17 bits per heavy atom. The third kappa shape index (κ3) is 4.35. The lowest BCUT2D eigenvalue weighted by atomic mass is 10.1. The molecule has 0 aliphatic carbocycles. The summed E-state index contributed by atoms with van der Waals surface area (Å²) in [5.41, 5.74) is 0.299. The van der Waals surface area contributed by atoms with Crippen LogP contribution in [0.2, 0.25) is 0 Å². The van der Waals surface area contributed by atoms with Crippen molar-refractivity contribution in [2.45, 2.75) is 5.16 Å². The predicted octanol–water partition coefficient (Wildman–Crippen LogP) is 2.71. The molecule has 10 heteroatoms. The van der Waals surface area contributed by atoms with E-state index in [1.165, 1.54) is 42.1 Å². The maximum absolute atomic E-state index is 12.0. The smallest absolute Gasteiger partial charge is 0.269 e. The summed E-state index contributed by atoms with van der Waals surface area (Å²) in [6, 6.07) is 7.31. The monoisotopic (exact) mass is 347 g/mol. The normalized spacial score (nSPS) is 10.9. The third-order valence-electron chi connectivity index (χ3n) is 2.59. The highest BCUT2D eigenvalue weighted by atomic mass is 32.2. The van der Waals surface area contributed by atoms with Gasteiger partial charge in [-0.3, -0.25) is 20.2 Å². The number of carbonyl (C=O) groups is 1. The maximum Gasteiger partial charge on any atom is 0.269 e. The number of aromatic nitrogens is 2. The number of hydrogen-bond acceptors (Lipinski definition) is 8. The van der Waals surface area contributed by atoms with Gasteiger partial charge in [-0.15, -0.1) is 0 Å². The molecule has 23 heavy (non-hydrogen) atoms. The van der Waals surface area contributed by atoms with Crippen molar-refractivity contribution >= 4 is 46.1 Å². The summed E-state index contributed by atoms with van der Waals surface area (Å²) in [6.45, 7) is 0. The van der Waals surface area contributed by atoms with E-state index in [1.54, 1.807) is 6.07 Å². The third-order valence-corrected chi connectivity index (χ3v) is 3.88. The second-order valence-electron chi connectivity index (χ2n) is 4.06. The van der Waals surface area contributed by atoms with Gasteiger partial charge >= 0.3 is 0 Å². The van der Waals surface area contributed by atoms with E-state index >= 15 is 0 Å². The zero-order chi connectivity index (χ0) is 16.8. The molecule has 2 rings (SSSR count). The lowest BCUT2D eigenvalue weighted by Crippen LogP contribution is -2.13. The van der Waals surface area contributed by atoms with Crippen molar-refractivity contribution in [2.75, 3.05) is 11.6 Å². The van der Waals surface area contributed by atoms with Crippen molar-refractivity contribution in [2.24, 2.45) is 0 Å². The van der Waals surface area contributed by atoms with Crippen LogP contribution in [-0.2, 0) is 4.79 Å². The van der Waals surface area contributed by atoms with Gasteiger partial charge in [0, 0.05) is 23.7 Å². The summed E-state index contributed by atoms with van der Waals surface area (Å²) >= 11 is 2.36. The quantitative estimate of drug-likeness (QED) is 0.290. The van der Waals surface area contributed by atoms with E-state index in [4.69, 9.17) is 5.26 Å². The summed E-state index contributed by atoms with van der Waals surface area (Å²) in [7, 11) is 0. The maximum atomic E-state index is 12.0. The van der Waals surface area contributed by atoms with Gasteiger partial charge in [-0.05, 0) is 30.0 Å². The molecule has 0 bridgehead atoms. The van der Waals surface area contributed by atoms with Gasteiger partial charge in [-0.2, -0.15) is 14.6 Å². The van der Waals surface area contributed by atoms with Crippen molar-refractivity contribution in [3.8, 4) is 6.07 Å². The van der Waals surface area contributed by atoms with E-state index in [9.17, 15) is 14.9 Å². The molecular weight excluding hydrogens is 338 g/mol. The van der Waals surface area contributed by atoms with Crippen LogP contribution < -0.4 is 5.32 Å². The fourth-order valence-corrected chi connectivity index (χ4v) is 2.64. The molecule has 1 aromatic heterocycles. The fourth-order valence-electron chi connectivity index (χ4n) is 1.52. The van der Waals surface area contributed by atoms with Crippen LogP contribution in [0.5, 0.6) is 0 Å². The number of nitrogens with zero attached hydrogens (tertiary/aromatic N) is 4. The van der Waals surface area contributed by atoms with Gasteiger partial charge in [0.2, 0.25) is 10.3 Å². The SMILES string of the molecule is CSc1nsc(NC(=O)/C(C#N)=C\c2ccc([N+](=O)[O-])cc2)n1. The molecule has 0 unspecified atom stereocenters. The Bertz CT molecular complexity index is 808. The van der Waals surface area contributed by atoms with Gasteiger partial charge in [-0.25, -0.2) is 0 Å². The summed E-state index contributed by atoms with van der Waals surface area (Å²) < 4.78 is 4.00. The van der Waals surface area contributed by atoms with Gasteiger partial charge in [-0.1, -0.05) is 11.8 Å². The van der Waals surface area contributed by atoms with E-state index in [0.29, 0.717) is 15.9 Å². The van der Waals surface area contributed by atoms with Gasteiger partial charge in [0.1, 0.15) is 11.6 Å². The average Bonchev–Trinajstić information content (AvgIpc) is 3.00. The molecule has 1 N–H and O–H groups in total. The van der Waals surface area contributed by atoms with Crippen LogP contribution in [0.4, 0.5) is 10.8 Å². The first-order valence-electron chi connectivity index (χ1n) is 6.09. The number of nitriles is 1. The summed E-state index contributed by atoms with van der Waals surface area (Å²) in [6.07, 6.45) is 3.15.